The highest BCUT2D eigenvalue weighted by molar-refractivity contribution is 7.86. The van der Waals surface area contributed by atoms with E-state index in [1.165, 1.54) is 0 Å². The minimum Gasteiger partial charge on any atom is -0.305 e. The van der Waals surface area contributed by atoms with Gasteiger partial charge >= 0.3 is 0 Å². The molecule has 2 heterocycles. The summed E-state index contributed by atoms with van der Waals surface area (Å²) in [4.78, 5) is 2.21. The van der Waals surface area contributed by atoms with Gasteiger partial charge in [0.25, 0.3) is 10.2 Å². The Kier molecular flexibility index (Phi) is 5.71. The molecule has 20 heavy (non-hydrogen) atoms. The van der Waals surface area contributed by atoms with Gasteiger partial charge in [0.2, 0.25) is 0 Å². The second kappa shape index (κ2) is 6.92. The van der Waals surface area contributed by atoms with Crippen LogP contribution in [-0.4, -0.2) is 74.1 Å². The van der Waals surface area contributed by atoms with Gasteiger partial charge in [-0.05, 0) is 45.2 Å². The van der Waals surface area contributed by atoms with Crippen molar-refractivity contribution in [3.05, 3.63) is 0 Å². The molecule has 0 aromatic rings. The summed E-state index contributed by atoms with van der Waals surface area (Å²) >= 11 is 5.86. The monoisotopic (exact) mass is 323 g/mol. The zero-order valence-electron chi connectivity index (χ0n) is 12.5. The summed E-state index contributed by atoms with van der Waals surface area (Å²) in [5.41, 5.74) is 0. The predicted octanol–water partition coefficient (Wildman–Crippen LogP) is 1.21. The zero-order valence-corrected chi connectivity index (χ0v) is 14.0. The van der Waals surface area contributed by atoms with Crippen LogP contribution >= 0.6 is 11.6 Å². The molecule has 0 aliphatic carbocycles. The molecule has 0 spiro atoms. The number of nitrogens with zero attached hydrogens (tertiary/aromatic N) is 3. The van der Waals surface area contributed by atoms with Crippen molar-refractivity contribution in [3.8, 4) is 0 Å². The van der Waals surface area contributed by atoms with Crippen LogP contribution in [0.25, 0.3) is 0 Å². The molecule has 0 saturated carbocycles. The number of piperidine rings is 2. The Balaban J connectivity index is 1.98. The van der Waals surface area contributed by atoms with Crippen molar-refractivity contribution in [3.63, 3.8) is 0 Å². The Hall–Kier alpha value is 0.120. The smallest absolute Gasteiger partial charge is 0.282 e. The number of likely N-dealkylation sites (tertiary alicyclic amines) is 1. The lowest BCUT2D eigenvalue weighted by molar-refractivity contribution is 0.176. The number of likely N-dealkylation sites (N-methyl/N-ethyl adjacent to an activating group) is 2. The van der Waals surface area contributed by atoms with E-state index in [1.54, 1.807) is 15.7 Å². The van der Waals surface area contributed by atoms with Crippen LogP contribution in [0.3, 0.4) is 0 Å². The fraction of sp³-hybridized carbons (Fsp3) is 1.00. The fourth-order valence-electron chi connectivity index (χ4n) is 3.10. The number of halogens is 1. The molecule has 0 bridgehead atoms. The lowest BCUT2D eigenvalue weighted by Crippen LogP contribution is -2.53. The summed E-state index contributed by atoms with van der Waals surface area (Å²) in [6.07, 6.45) is 3.77. The SMILES string of the molecule is CN1CCCC(N(C)S(=O)(=O)N2CCC(CCl)CC2)C1. The van der Waals surface area contributed by atoms with Gasteiger partial charge in [-0.15, -0.1) is 11.6 Å². The molecule has 2 rings (SSSR count). The van der Waals surface area contributed by atoms with Gasteiger partial charge in [-0.25, -0.2) is 0 Å². The fourth-order valence-corrected chi connectivity index (χ4v) is 4.99. The van der Waals surface area contributed by atoms with Crippen LogP contribution < -0.4 is 0 Å². The molecule has 5 nitrogen and oxygen atoms in total. The third-order valence-corrected chi connectivity index (χ3v) is 7.08. The van der Waals surface area contributed by atoms with Crippen molar-refractivity contribution in [2.24, 2.45) is 5.92 Å². The molecule has 0 aromatic heterocycles. The predicted molar refractivity (Wildman–Crippen MR) is 82.2 cm³/mol. The second-order valence-electron chi connectivity index (χ2n) is 6.08. The van der Waals surface area contributed by atoms with Crippen LogP contribution in [0.2, 0.25) is 0 Å². The number of hydrogen-bond donors (Lipinski definition) is 0. The summed E-state index contributed by atoms with van der Waals surface area (Å²) in [6.45, 7) is 3.10. The maximum Gasteiger partial charge on any atom is 0.282 e. The standard InChI is InChI=1S/C13H26ClN3O2S/c1-15-7-3-4-13(11-15)16(2)20(18,19)17-8-5-12(10-14)6-9-17/h12-13H,3-11H2,1-2H3. The summed E-state index contributed by atoms with van der Waals surface area (Å²) in [5.74, 6) is 1.10. The van der Waals surface area contributed by atoms with Gasteiger partial charge in [0.15, 0.2) is 0 Å². The molecule has 0 aromatic carbocycles. The molecule has 2 fully saturated rings. The average molecular weight is 324 g/mol. The Morgan fingerprint density at radius 1 is 1.20 bits per heavy atom. The van der Waals surface area contributed by atoms with E-state index in [9.17, 15) is 8.42 Å². The van der Waals surface area contributed by atoms with E-state index >= 15 is 0 Å². The van der Waals surface area contributed by atoms with Crippen LogP contribution in [0, 0.1) is 5.92 Å². The number of hydrogen-bond acceptors (Lipinski definition) is 3. The third-order valence-electron chi connectivity index (χ3n) is 4.60. The van der Waals surface area contributed by atoms with E-state index in [1.807, 2.05) is 0 Å². The first kappa shape index (κ1) is 16.5. The second-order valence-corrected chi connectivity index (χ2v) is 8.38. The molecule has 0 amide bonds. The quantitative estimate of drug-likeness (QED) is 0.730. The zero-order chi connectivity index (χ0) is 14.8. The Morgan fingerprint density at radius 3 is 2.40 bits per heavy atom. The van der Waals surface area contributed by atoms with Crippen molar-refractivity contribution in [1.29, 1.82) is 0 Å². The summed E-state index contributed by atoms with van der Waals surface area (Å²) in [5, 5.41) is 0. The van der Waals surface area contributed by atoms with Gasteiger partial charge in [-0.2, -0.15) is 17.0 Å². The van der Waals surface area contributed by atoms with Gasteiger partial charge in [-0.1, -0.05) is 0 Å². The van der Waals surface area contributed by atoms with Crippen molar-refractivity contribution in [2.45, 2.75) is 31.7 Å². The summed E-state index contributed by atoms with van der Waals surface area (Å²) < 4.78 is 28.6. The van der Waals surface area contributed by atoms with Gasteiger partial charge in [-0.3, -0.25) is 0 Å². The molecule has 118 valence electrons. The van der Waals surface area contributed by atoms with Crippen LogP contribution in [-0.2, 0) is 10.2 Å². The van der Waals surface area contributed by atoms with Crippen LogP contribution in [0.4, 0.5) is 0 Å². The first-order chi connectivity index (χ1) is 9.45. The van der Waals surface area contributed by atoms with Gasteiger partial charge in [0.05, 0.1) is 0 Å². The lowest BCUT2D eigenvalue weighted by atomic mass is 10.0. The van der Waals surface area contributed by atoms with Gasteiger partial charge < -0.3 is 4.90 Å². The van der Waals surface area contributed by atoms with E-state index in [-0.39, 0.29) is 6.04 Å². The van der Waals surface area contributed by atoms with Crippen molar-refractivity contribution in [2.75, 3.05) is 46.2 Å². The number of alkyl halides is 1. The van der Waals surface area contributed by atoms with Crippen LogP contribution in [0.15, 0.2) is 0 Å². The van der Waals surface area contributed by atoms with E-state index in [2.05, 4.69) is 11.9 Å². The molecule has 0 N–H and O–H groups in total. The molecule has 1 unspecified atom stereocenters. The summed E-state index contributed by atoms with van der Waals surface area (Å²) in [7, 11) is 0.463. The van der Waals surface area contributed by atoms with Crippen LogP contribution in [0.5, 0.6) is 0 Å². The molecule has 2 aliphatic heterocycles. The van der Waals surface area contributed by atoms with Gasteiger partial charge in [0.1, 0.15) is 0 Å². The minimum absolute atomic E-state index is 0.101. The minimum atomic E-state index is -3.32. The first-order valence-corrected chi connectivity index (χ1v) is 9.36. The topological polar surface area (TPSA) is 43.9 Å². The van der Waals surface area contributed by atoms with Crippen molar-refractivity contribution < 1.29 is 8.42 Å². The third kappa shape index (κ3) is 3.65. The number of rotatable bonds is 4. The molecule has 2 saturated heterocycles. The molecule has 1 atom stereocenters. The highest BCUT2D eigenvalue weighted by Crippen LogP contribution is 2.24. The van der Waals surface area contributed by atoms with Crippen molar-refractivity contribution >= 4 is 21.8 Å². The largest absolute Gasteiger partial charge is 0.305 e. The van der Waals surface area contributed by atoms with E-state index in [0.29, 0.717) is 24.9 Å². The Bertz CT molecular complexity index is 410. The molecule has 0 radical (unpaired) electrons. The Morgan fingerprint density at radius 2 is 1.85 bits per heavy atom. The Labute approximate surface area is 128 Å². The lowest BCUT2D eigenvalue weighted by Gasteiger charge is -2.39. The highest BCUT2D eigenvalue weighted by Gasteiger charge is 2.35. The summed E-state index contributed by atoms with van der Waals surface area (Å²) in [6, 6.07) is 0.101. The normalized spacial score (nSPS) is 28.1. The average Bonchev–Trinajstić information content (AvgIpc) is 2.46. The van der Waals surface area contributed by atoms with Gasteiger partial charge in [0, 0.05) is 38.6 Å². The van der Waals surface area contributed by atoms with E-state index < -0.39 is 10.2 Å². The van der Waals surface area contributed by atoms with Crippen molar-refractivity contribution in [1.82, 2.24) is 13.5 Å². The molecule has 7 heteroatoms. The van der Waals surface area contributed by atoms with E-state index in [4.69, 9.17) is 11.6 Å². The molecule has 2 aliphatic rings. The van der Waals surface area contributed by atoms with Crippen LogP contribution in [0.1, 0.15) is 25.7 Å². The first-order valence-electron chi connectivity index (χ1n) is 7.42. The maximum atomic E-state index is 12.7. The van der Waals surface area contributed by atoms with E-state index in [0.717, 1.165) is 38.8 Å². The highest BCUT2D eigenvalue weighted by atomic mass is 35.5. The molecular weight excluding hydrogens is 298 g/mol. The molecular formula is C13H26ClN3O2S. The maximum absolute atomic E-state index is 12.7.